The van der Waals surface area contributed by atoms with Gasteiger partial charge >= 0.3 is 0 Å². The fourth-order valence-corrected chi connectivity index (χ4v) is 8.79. The summed E-state index contributed by atoms with van der Waals surface area (Å²) in [7, 11) is 1.60. The van der Waals surface area contributed by atoms with E-state index in [0.717, 1.165) is 17.8 Å². The van der Waals surface area contributed by atoms with Crippen molar-refractivity contribution >= 4 is 40.9 Å². The summed E-state index contributed by atoms with van der Waals surface area (Å²) in [4.78, 5) is 48.4. The van der Waals surface area contributed by atoms with Gasteiger partial charge in [-0.3, -0.25) is 14.4 Å². The van der Waals surface area contributed by atoms with E-state index in [2.05, 4.69) is 6.08 Å². The monoisotopic (exact) mass is 573 g/mol. The Morgan fingerprint density at radius 3 is 2.32 bits per heavy atom. The molecule has 0 radical (unpaired) electrons. The van der Waals surface area contributed by atoms with Crippen molar-refractivity contribution in [3.8, 4) is 5.75 Å². The molecule has 2 fully saturated rings. The van der Waals surface area contributed by atoms with Gasteiger partial charge in [0.15, 0.2) is 0 Å². The van der Waals surface area contributed by atoms with E-state index in [1.165, 1.54) is 0 Å². The second kappa shape index (κ2) is 11.4. The molecule has 1 spiro atoms. The number of aliphatic hydroxyl groups is 1. The van der Waals surface area contributed by atoms with Crippen molar-refractivity contribution in [1.29, 1.82) is 0 Å². The first-order chi connectivity index (χ1) is 20.0. The molecule has 0 aromatic heterocycles. The maximum atomic E-state index is 14.5. The molecule has 3 amide bonds. The number of methoxy groups -OCH3 is 1. The molecule has 6 rings (SSSR count). The van der Waals surface area contributed by atoms with Crippen molar-refractivity contribution in [2.75, 3.05) is 43.2 Å². The largest absolute Gasteiger partial charge is 0.497 e. The van der Waals surface area contributed by atoms with Crippen molar-refractivity contribution < 1.29 is 24.2 Å². The number of rotatable bonds is 8. The lowest BCUT2D eigenvalue weighted by molar-refractivity contribution is -0.138. The molecule has 41 heavy (non-hydrogen) atoms. The molecule has 4 aliphatic rings. The fourth-order valence-electron chi connectivity index (χ4n) is 6.78. The Hall–Kier alpha value is -3.56. The van der Waals surface area contributed by atoms with Crippen LogP contribution in [0.15, 0.2) is 78.9 Å². The Morgan fingerprint density at radius 2 is 1.59 bits per heavy atom. The molecule has 0 bridgehead atoms. The average Bonchev–Trinajstić information content (AvgIpc) is 3.30. The Balaban J connectivity index is 1.40. The van der Waals surface area contributed by atoms with Crippen molar-refractivity contribution in [3.05, 3.63) is 78.9 Å². The number of fused-ring (bicyclic) bond motifs is 2. The predicted molar refractivity (Wildman–Crippen MR) is 160 cm³/mol. The quantitative estimate of drug-likeness (QED) is 0.383. The third kappa shape index (κ3) is 4.65. The topological polar surface area (TPSA) is 90.4 Å². The highest BCUT2D eigenvalue weighted by Crippen LogP contribution is 2.61. The van der Waals surface area contributed by atoms with Crippen LogP contribution in [0.3, 0.4) is 0 Å². The molecule has 2 aromatic carbocycles. The number of ether oxygens (including phenoxy) is 1. The summed E-state index contributed by atoms with van der Waals surface area (Å²) in [6, 6.07) is 16.2. The zero-order chi connectivity index (χ0) is 28.6. The minimum Gasteiger partial charge on any atom is -0.497 e. The van der Waals surface area contributed by atoms with Gasteiger partial charge in [-0.15, -0.1) is 11.8 Å². The molecule has 0 aliphatic carbocycles. The zero-order valence-electron chi connectivity index (χ0n) is 23.1. The van der Waals surface area contributed by atoms with Crippen molar-refractivity contribution in [2.45, 2.75) is 35.3 Å². The number of para-hydroxylation sites is 1. The third-order valence-electron chi connectivity index (χ3n) is 8.67. The number of nitrogens with zero attached hydrogens (tertiary/aromatic N) is 3. The van der Waals surface area contributed by atoms with Gasteiger partial charge in [-0.2, -0.15) is 0 Å². The number of likely N-dealkylation sites (tertiary alicyclic amines) is 1. The fraction of sp³-hybridized carbons (Fsp3) is 0.406. The SMILES string of the molecule is COc1ccc(N2CC=C[C@]34S[C@@H]5C=CCN(c6ccccc6)C(=O)[C@@H]5[C@H]3C(=O)N(CCCCCO)C4C2=O)cc1. The van der Waals surface area contributed by atoms with Gasteiger partial charge < -0.3 is 24.5 Å². The molecule has 4 heterocycles. The first-order valence-electron chi connectivity index (χ1n) is 14.3. The molecule has 4 aliphatic heterocycles. The van der Waals surface area contributed by atoms with E-state index < -0.39 is 22.6 Å². The molecule has 2 saturated heterocycles. The molecule has 1 unspecified atom stereocenters. The summed E-state index contributed by atoms with van der Waals surface area (Å²) in [5, 5.41) is 9.08. The highest BCUT2D eigenvalue weighted by Gasteiger charge is 2.71. The van der Waals surface area contributed by atoms with Gasteiger partial charge in [0.05, 0.1) is 23.7 Å². The van der Waals surface area contributed by atoms with E-state index in [1.807, 2.05) is 72.8 Å². The van der Waals surface area contributed by atoms with Gasteiger partial charge in [-0.05, 0) is 55.7 Å². The van der Waals surface area contributed by atoms with Gasteiger partial charge in [0.25, 0.3) is 5.91 Å². The predicted octanol–water partition coefficient (Wildman–Crippen LogP) is 3.66. The Bertz CT molecular complexity index is 1360. The Morgan fingerprint density at radius 1 is 0.878 bits per heavy atom. The second-order valence-corrected chi connectivity index (χ2v) is 12.4. The van der Waals surface area contributed by atoms with Gasteiger partial charge in [0.1, 0.15) is 11.8 Å². The number of unbranched alkanes of at least 4 members (excludes halogenated alkanes) is 2. The maximum Gasteiger partial charge on any atom is 0.251 e. The van der Waals surface area contributed by atoms with Gasteiger partial charge in [0.2, 0.25) is 11.8 Å². The normalized spacial score (nSPS) is 28.8. The zero-order valence-corrected chi connectivity index (χ0v) is 23.9. The highest BCUT2D eigenvalue weighted by atomic mass is 32.2. The van der Waals surface area contributed by atoms with Crippen LogP contribution in [0.25, 0.3) is 0 Å². The van der Waals surface area contributed by atoms with Crippen LogP contribution < -0.4 is 14.5 Å². The van der Waals surface area contributed by atoms with Gasteiger partial charge in [-0.25, -0.2) is 0 Å². The number of thioether (sulfide) groups is 1. The summed E-state index contributed by atoms with van der Waals surface area (Å²) < 4.78 is 4.45. The van der Waals surface area contributed by atoms with E-state index in [1.54, 1.807) is 33.6 Å². The molecule has 5 atom stereocenters. The molecular formula is C32H35N3O5S. The first kappa shape index (κ1) is 27.6. The highest BCUT2D eigenvalue weighted by molar-refractivity contribution is 8.02. The number of amides is 3. The third-order valence-corrected chi connectivity index (χ3v) is 10.4. The van der Waals surface area contributed by atoms with Crippen molar-refractivity contribution in [3.63, 3.8) is 0 Å². The summed E-state index contributed by atoms with van der Waals surface area (Å²) in [6.07, 6.45) is 10.2. The molecule has 1 N–H and O–H groups in total. The molecular weight excluding hydrogens is 538 g/mol. The lowest BCUT2D eigenvalue weighted by Crippen LogP contribution is -2.53. The number of benzene rings is 2. The van der Waals surface area contributed by atoms with Crippen LogP contribution in [-0.2, 0) is 14.4 Å². The van der Waals surface area contributed by atoms with Crippen LogP contribution in [0.1, 0.15) is 19.3 Å². The van der Waals surface area contributed by atoms with E-state index in [-0.39, 0.29) is 29.6 Å². The first-order valence-corrected chi connectivity index (χ1v) is 15.1. The minimum atomic E-state index is -0.860. The number of hydrogen-bond acceptors (Lipinski definition) is 6. The smallest absolute Gasteiger partial charge is 0.251 e. The number of carbonyl (C=O) groups excluding carboxylic acids is 3. The average molecular weight is 574 g/mol. The molecule has 9 heteroatoms. The summed E-state index contributed by atoms with van der Waals surface area (Å²) in [5.74, 6) is -0.890. The lowest BCUT2D eigenvalue weighted by atomic mass is 9.78. The van der Waals surface area contributed by atoms with Crippen LogP contribution in [0.5, 0.6) is 5.75 Å². The number of anilines is 2. The molecule has 0 saturated carbocycles. The summed E-state index contributed by atoms with van der Waals surface area (Å²) >= 11 is 1.59. The standard InChI is InChI=1S/C32H35N3O5S/c1-40-24-15-13-23(14-16-24)34-20-9-17-32-27(30(38)35(28(32)31(34)39)18-6-3-7-21-36)26-25(41-32)12-8-19-33(29(26)37)22-10-4-2-5-11-22/h2,4-5,8-17,25-28,36H,3,6-7,18-21H2,1H3/t25-,26+,27+,28?,32+/m1/s1. The molecule has 8 nitrogen and oxygen atoms in total. The number of hydrogen-bond donors (Lipinski definition) is 1. The van der Waals surface area contributed by atoms with Crippen LogP contribution in [0.2, 0.25) is 0 Å². The number of carbonyl (C=O) groups is 3. The molecule has 214 valence electrons. The van der Waals surface area contributed by atoms with E-state index in [0.29, 0.717) is 38.2 Å². The lowest BCUT2D eigenvalue weighted by Gasteiger charge is -2.35. The van der Waals surface area contributed by atoms with Crippen molar-refractivity contribution in [1.82, 2.24) is 4.90 Å². The van der Waals surface area contributed by atoms with E-state index >= 15 is 0 Å². The second-order valence-electron chi connectivity index (χ2n) is 10.9. The van der Waals surface area contributed by atoms with E-state index in [4.69, 9.17) is 4.74 Å². The van der Waals surface area contributed by atoms with Crippen LogP contribution in [-0.4, -0.2) is 77.1 Å². The van der Waals surface area contributed by atoms with Crippen LogP contribution >= 0.6 is 11.8 Å². The number of aliphatic hydroxyl groups excluding tert-OH is 1. The maximum absolute atomic E-state index is 14.5. The van der Waals surface area contributed by atoms with Gasteiger partial charge in [0, 0.05) is 42.9 Å². The Labute approximate surface area is 244 Å². The van der Waals surface area contributed by atoms with Crippen molar-refractivity contribution in [2.24, 2.45) is 11.8 Å². The minimum absolute atomic E-state index is 0.0769. The summed E-state index contributed by atoms with van der Waals surface area (Å²) in [5.41, 5.74) is 1.53. The molecule has 2 aromatic rings. The van der Waals surface area contributed by atoms with Crippen LogP contribution in [0.4, 0.5) is 11.4 Å². The van der Waals surface area contributed by atoms with Gasteiger partial charge in [-0.1, -0.05) is 42.5 Å². The summed E-state index contributed by atoms with van der Waals surface area (Å²) in [6.45, 7) is 1.31. The van der Waals surface area contributed by atoms with Crippen LogP contribution in [0, 0.1) is 11.8 Å². The van der Waals surface area contributed by atoms with E-state index in [9.17, 15) is 19.5 Å². The Kier molecular flexibility index (Phi) is 7.66.